The van der Waals surface area contributed by atoms with E-state index in [9.17, 15) is 4.79 Å². The van der Waals surface area contributed by atoms with Crippen LogP contribution in [-0.4, -0.2) is 30.1 Å². The molecule has 1 saturated heterocycles. The first-order chi connectivity index (χ1) is 9.78. The highest BCUT2D eigenvalue weighted by Crippen LogP contribution is 2.22. The summed E-state index contributed by atoms with van der Waals surface area (Å²) in [7, 11) is 0. The van der Waals surface area contributed by atoms with E-state index < -0.39 is 0 Å². The van der Waals surface area contributed by atoms with Gasteiger partial charge in [0.1, 0.15) is 5.69 Å². The van der Waals surface area contributed by atoms with Crippen LogP contribution in [-0.2, 0) is 4.74 Å². The van der Waals surface area contributed by atoms with Crippen molar-refractivity contribution in [1.29, 1.82) is 0 Å². The summed E-state index contributed by atoms with van der Waals surface area (Å²) in [6.07, 6.45) is 2.33. The minimum absolute atomic E-state index is 0.0389. The first kappa shape index (κ1) is 13.2. The molecule has 2 heterocycles. The number of amides is 1. The highest BCUT2D eigenvalue weighted by atomic mass is 16.5. The molecule has 1 amide bonds. The van der Waals surface area contributed by atoms with Gasteiger partial charge in [0.25, 0.3) is 5.91 Å². The van der Waals surface area contributed by atoms with E-state index in [1.165, 1.54) is 0 Å². The fourth-order valence-electron chi connectivity index (χ4n) is 2.89. The molecular weight excluding hydrogens is 252 g/mol. The number of benzene rings is 1. The second-order valence-corrected chi connectivity index (χ2v) is 5.35. The largest absolute Gasteiger partial charge is 0.378 e. The Morgan fingerprint density at radius 1 is 1.45 bits per heavy atom. The van der Waals surface area contributed by atoms with Crippen molar-refractivity contribution in [3.05, 3.63) is 36.0 Å². The number of hydrogen-bond acceptors (Lipinski definition) is 2. The highest BCUT2D eigenvalue weighted by molar-refractivity contribution is 5.97. The lowest BCUT2D eigenvalue weighted by molar-refractivity contribution is 0.0825. The van der Waals surface area contributed by atoms with Crippen LogP contribution in [0, 0.1) is 5.92 Å². The number of aromatic nitrogens is 1. The predicted octanol–water partition coefficient (Wildman–Crippen LogP) is 2.71. The zero-order valence-corrected chi connectivity index (χ0v) is 11.7. The lowest BCUT2D eigenvalue weighted by atomic mass is 10.00. The molecule has 1 aromatic heterocycles. The summed E-state index contributed by atoms with van der Waals surface area (Å²) in [5, 5.41) is 4.08. The summed E-state index contributed by atoms with van der Waals surface area (Å²) in [6, 6.07) is 9.81. The highest BCUT2D eigenvalue weighted by Gasteiger charge is 2.27. The van der Waals surface area contributed by atoms with Crippen LogP contribution in [0.3, 0.4) is 0 Å². The van der Waals surface area contributed by atoms with Gasteiger partial charge in [0.2, 0.25) is 0 Å². The van der Waals surface area contributed by atoms with Crippen LogP contribution < -0.4 is 5.32 Å². The molecule has 1 aliphatic heterocycles. The Bertz CT molecular complexity index is 572. The van der Waals surface area contributed by atoms with Gasteiger partial charge in [-0.25, -0.2) is 0 Å². The molecule has 20 heavy (non-hydrogen) atoms. The third-order valence-corrected chi connectivity index (χ3v) is 4.05. The van der Waals surface area contributed by atoms with Crippen molar-refractivity contribution in [1.82, 2.24) is 10.3 Å². The van der Waals surface area contributed by atoms with E-state index in [4.69, 9.17) is 4.74 Å². The molecule has 2 N–H and O–H groups in total. The van der Waals surface area contributed by atoms with Crippen LogP contribution in [0.25, 0.3) is 10.9 Å². The number of carbonyl (C=O) groups is 1. The van der Waals surface area contributed by atoms with Gasteiger partial charge in [-0.3, -0.25) is 4.79 Å². The van der Waals surface area contributed by atoms with Crippen LogP contribution >= 0.6 is 0 Å². The standard InChI is InChI=1S/C16H20N2O2/c1-2-15-12(7-8-20-15)10-17-16(19)14-9-11-5-3-4-6-13(11)18-14/h3-6,9,12,15,18H,2,7-8,10H2,1H3,(H,17,19). The Labute approximate surface area is 118 Å². The molecule has 106 valence electrons. The summed E-state index contributed by atoms with van der Waals surface area (Å²) < 4.78 is 5.64. The van der Waals surface area contributed by atoms with Crippen molar-refractivity contribution < 1.29 is 9.53 Å². The Morgan fingerprint density at radius 3 is 3.10 bits per heavy atom. The van der Waals surface area contributed by atoms with Crippen LogP contribution in [0.1, 0.15) is 30.3 Å². The quantitative estimate of drug-likeness (QED) is 0.899. The molecule has 0 radical (unpaired) electrons. The van der Waals surface area contributed by atoms with Gasteiger partial charge in [-0.1, -0.05) is 25.1 Å². The summed E-state index contributed by atoms with van der Waals surface area (Å²) in [6.45, 7) is 3.63. The van der Waals surface area contributed by atoms with Crippen LogP contribution in [0.5, 0.6) is 0 Å². The van der Waals surface area contributed by atoms with Crippen molar-refractivity contribution >= 4 is 16.8 Å². The van der Waals surface area contributed by atoms with Crippen LogP contribution in [0.4, 0.5) is 0 Å². The average Bonchev–Trinajstić information content (AvgIpc) is 3.10. The number of ether oxygens (including phenoxy) is 1. The van der Waals surface area contributed by atoms with Gasteiger partial charge in [0, 0.05) is 30.0 Å². The van der Waals surface area contributed by atoms with Gasteiger partial charge in [0.15, 0.2) is 0 Å². The molecule has 0 bridgehead atoms. The summed E-state index contributed by atoms with van der Waals surface area (Å²) in [4.78, 5) is 15.3. The topological polar surface area (TPSA) is 54.1 Å². The lowest BCUT2D eigenvalue weighted by Crippen LogP contribution is -2.32. The second kappa shape index (κ2) is 5.67. The maximum Gasteiger partial charge on any atom is 0.267 e. The van der Waals surface area contributed by atoms with Crippen molar-refractivity contribution in [3.8, 4) is 0 Å². The number of H-pyrrole nitrogens is 1. The van der Waals surface area contributed by atoms with Crippen LogP contribution in [0.15, 0.2) is 30.3 Å². The van der Waals surface area contributed by atoms with Gasteiger partial charge in [0.05, 0.1) is 6.10 Å². The van der Waals surface area contributed by atoms with E-state index in [1.807, 2.05) is 30.3 Å². The Balaban J connectivity index is 1.64. The molecule has 0 aliphatic carbocycles. The SMILES string of the molecule is CCC1OCCC1CNC(=O)c1cc2ccccc2[nH]1. The minimum atomic E-state index is -0.0389. The average molecular weight is 272 g/mol. The van der Waals surface area contributed by atoms with Gasteiger partial charge >= 0.3 is 0 Å². The number of para-hydroxylation sites is 1. The smallest absolute Gasteiger partial charge is 0.267 e. The number of carbonyl (C=O) groups excluding carboxylic acids is 1. The molecule has 2 atom stereocenters. The molecule has 1 fully saturated rings. The fourth-order valence-corrected chi connectivity index (χ4v) is 2.89. The molecule has 1 aromatic carbocycles. The zero-order chi connectivity index (χ0) is 13.9. The Hall–Kier alpha value is -1.81. The second-order valence-electron chi connectivity index (χ2n) is 5.35. The first-order valence-electron chi connectivity index (χ1n) is 7.25. The molecule has 3 rings (SSSR count). The third-order valence-electron chi connectivity index (χ3n) is 4.05. The molecule has 4 heteroatoms. The van der Waals surface area contributed by atoms with E-state index in [2.05, 4.69) is 17.2 Å². The van der Waals surface area contributed by atoms with Crippen molar-refractivity contribution in [2.75, 3.05) is 13.2 Å². The van der Waals surface area contributed by atoms with E-state index >= 15 is 0 Å². The van der Waals surface area contributed by atoms with Crippen molar-refractivity contribution in [3.63, 3.8) is 0 Å². The van der Waals surface area contributed by atoms with Crippen LogP contribution in [0.2, 0.25) is 0 Å². The fraction of sp³-hybridized carbons (Fsp3) is 0.438. The molecule has 1 aliphatic rings. The number of aromatic amines is 1. The third kappa shape index (κ3) is 2.56. The normalized spacial score (nSPS) is 22.2. The molecule has 2 unspecified atom stereocenters. The molecule has 0 saturated carbocycles. The molecule has 4 nitrogen and oxygen atoms in total. The Kier molecular flexibility index (Phi) is 3.74. The molecular formula is C16H20N2O2. The van der Waals surface area contributed by atoms with Crippen molar-refractivity contribution in [2.45, 2.75) is 25.9 Å². The van der Waals surface area contributed by atoms with E-state index in [0.29, 0.717) is 18.2 Å². The van der Waals surface area contributed by atoms with Crippen molar-refractivity contribution in [2.24, 2.45) is 5.92 Å². The number of rotatable bonds is 4. The first-order valence-corrected chi connectivity index (χ1v) is 7.25. The van der Waals surface area contributed by atoms with E-state index in [1.54, 1.807) is 0 Å². The Morgan fingerprint density at radius 2 is 2.30 bits per heavy atom. The maximum atomic E-state index is 12.2. The summed E-state index contributed by atoms with van der Waals surface area (Å²) >= 11 is 0. The summed E-state index contributed by atoms with van der Waals surface area (Å²) in [5.74, 6) is 0.399. The predicted molar refractivity (Wildman–Crippen MR) is 78.8 cm³/mol. The summed E-state index contributed by atoms with van der Waals surface area (Å²) in [5.41, 5.74) is 1.62. The minimum Gasteiger partial charge on any atom is -0.378 e. The number of hydrogen-bond donors (Lipinski definition) is 2. The number of fused-ring (bicyclic) bond motifs is 1. The maximum absolute atomic E-state index is 12.2. The van der Waals surface area contributed by atoms with Gasteiger partial charge in [-0.15, -0.1) is 0 Å². The monoisotopic (exact) mass is 272 g/mol. The lowest BCUT2D eigenvalue weighted by Gasteiger charge is -2.16. The molecule has 2 aromatic rings. The van der Waals surface area contributed by atoms with Gasteiger partial charge in [-0.2, -0.15) is 0 Å². The zero-order valence-electron chi connectivity index (χ0n) is 11.7. The number of nitrogens with one attached hydrogen (secondary N) is 2. The van der Waals surface area contributed by atoms with Gasteiger partial charge in [-0.05, 0) is 25.0 Å². The molecule has 0 spiro atoms. The van der Waals surface area contributed by atoms with E-state index in [-0.39, 0.29) is 12.0 Å². The van der Waals surface area contributed by atoms with E-state index in [0.717, 1.165) is 30.4 Å². The van der Waals surface area contributed by atoms with Gasteiger partial charge < -0.3 is 15.0 Å².